The van der Waals surface area contributed by atoms with E-state index in [1.165, 1.54) is 5.56 Å². The lowest BCUT2D eigenvalue weighted by Crippen LogP contribution is -2.34. The van der Waals surface area contributed by atoms with E-state index in [0.29, 0.717) is 12.3 Å². The SMILES string of the molecule is CC(NC(=O)CC1CCN(C)CC1)c1ccccc1. The van der Waals surface area contributed by atoms with Crippen LogP contribution in [0.3, 0.4) is 0 Å². The van der Waals surface area contributed by atoms with Crippen LogP contribution >= 0.6 is 0 Å². The van der Waals surface area contributed by atoms with Crippen molar-refractivity contribution in [1.82, 2.24) is 10.2 Å². The normalized spacial score (nSPS) is 19.1. The topological polar surface area (TPSA) is 32.3 Å². The van der Waals surface area contributed by atoms with Crippen LogP contribution < -0.4 is 5.32 Å². The number of piperidine rings is 1. The van der Waals surface area contributed by atoms with Gasteiger partial charge in [-0.2, -0.15) is 0 Å². The van der Waals surface area contributed by atoms with E-state index in [9.17, 15) is 4.79 Å². The first-order chi connectivity index (χ1) is 9.15. The van der Waals surface area contributed by atoms with Crippen molar-refractivity contribution in [2.24, 2.45) is 5.92 Å². The Balaban J connectivity index is 1.78. The van der Waals surface area contributed by atoms with Gasteiger partial charge in [0.1, 0.15) is 0 Å². The second kappa shape index (κ2) is 6.71. The Kier molecular flexibility index (Phi) is 4.97. The van der Waals surface area contributed by atoms with Crippen molar-refractivity contribution in [2.45, 2.75) is 32.2 Å². The molecule has 2 rings (SSSR count). The number of amides is 1. The molecule has 1 heterocycles. The average Bonchev–Trinajstić information content (AvgIpc) is 2.42. The van der Waals surface area contributed by atoms with E-state index in [0.717, 1.165) is 25.9 Å². The van der Waals surface area contributed by atoms with Gasteiger partial charge >= 0.3 is 0 Å². The predicted octanol–water partition coefficient (Wildman–Crippen LogP) is 2.60. The summed E-state index contributed by atoms with van der Waals surface area (Å²) >= 11 is 0. The third kappa shape index (κ3) is 4.35. The van der Waals surface area contributed by atoms with Crippen molar-refractivity contribution in [1.29, 1.82) is 0 Å². The second-order valence-corrected chi connectivity index (χ2v) is 5.65. The fourth-order valence-corrected chi connectivity index (χ4v) is 2.65. The smallest absolute Gasteiger partial charge is 0.220 e. The summed E-state index contributed by atoms with van der Waals surface area (Å²) in [6, 6.07) is 10.2. The summed E-state index contributed by atoms with van der Waals surface area (Å²) in [5, 5.41) is 3.10. The van der Waals surface area contributed by atoms with Gasteiger partial charge in [0, 0.05) is 6.42 Å². The van der Waals surface area contributed by atoms with Gasteiger partial charge in [-0.3, -0.25) is 4.79 Å². The number of carbonyl (C=O) groups excluding carboxylic acids is 1. The van der Waals surface area contributed by atoms with Gasteiger partial charge in [0.05, 0.1) is 6.04 Å². The molecule has 0 aliphatic carbocycles. The number of nitrogens with one attached hydrogen (secondary N) is 1. The Hall–Kier alpha value is -1.35. The highest BCUT2D eigenvalue weighted by molar-refractivity contribution is 5.76. The van der Waals surface area contributed by atoms with Gasteiger partial charge in [-0.25, -0.2) is 0 Å². The molecule has 104 valence electrons. The molecule has 1 aromatic rings. The third-order valence-corrected chi connectivity index (χ3v) is 3.99. The first kappa shape index (κ1) is 14.1. The molecule has 0 bridgehead atoms. The number of carbonyl (C=O) groups is 1. The zero-order chi connectivity index (χ0) is 13.7. The van der Waals surface area contributed by atoms with Crippen LogP contribution in [0.15, 0.2) is 30.3 Å². The van der Waals surface area contributed by atoms with Crippen molar-refractivity contribution in [2.75, 3.05) is 20.1 Å². The molecule has 0 saturated carbocycles. The highest BCUT2D eigenvalue weighted by Gasteiger charge is 2.20. The molecule has 19 heavy (non-hydrogen) atoms. The molecular weight excluding hydrogens is 236 g/mol. The molecule has 1 aliphatic rings. The molecule has 1 amide bonds. The van der Waals surface area contributed by atoms with E-state index >= 15 is 0 Å². The van der Waals surface area contributed by atoms with E-state index in [-0.39, 0.29) is 11.9 Å². The summed E-state index contributed by atoms with van der Waals surface area (Å²) in [7, 11) is 2.15. The number of likely N-dealkylation sites (tertiary alicyclic amines) is 1. The highest BCUT2D eigenvalue weighted by Crippen LogP contribution is 2.20. The van der Waals surface area contributed by atoms with E-state index in [1.54, 1.807) is 0 Å². The molecule has 1 aromatic carbocycles. The van der Waals surface area contributed by atoms with Crippen molar-refractivity contribution in [3.05, 3.63) is 35.9 Å². The van der Waals surface area contributed by atoms with Gasteiger partial charge in [-0.05, 0) is 51.4 Å². The summed E-state index contributed by atoms with van der Waals surface area (Å²) < 4.78 is 0. The Bertz CT molecular complexity index is 396. The minimum atomic E-state index is 0.0972. The van der Waals surface area contributed by atoms with Crippen LogP contribution in [0.5, 0.6) is 0 Å². The summed E-state index contributed by atoms with van der Waals surface area (Å²) in [4.78, 5) is 14.4. The number of hydrogen-bond acceptors (Lipinski definition) is 2. The summed E-state index contributed by atoms with van der Waals surface area (Å²) in [5.74, 6) is 0.741. The Labute approximate surface area is 116 Å². The molecule has 3 nitrogen and oxygen atoms in total. The maximum absolute atomic E-state index is 12.1. The standard InChI is InChI=1S/C16H24N2O/c1-13(15-6-4-3-5-7-15)17-16(19)12-14-8-10-18(2)11-9-14/h3-7,13-14H,8-12H2,1-2H3,(H,17,19). The molecule has 0 spiro atoms. The monoisotopic (exact) mass is 260 g/mol. The van der Waals surface area contributed by atoms with Crippen LogP contribution in [0.2, 0.25) is 0 Å². The second-order valence-electron chi connectivity index (χ2n) is 5.65. The van der Waals surface area contributed by atoms with Gasteiger partial charge in [0.15, 0.2) is 0 Å². The van der Waals surface area contributed by atoms with Crippen molar-refractivity contribution < 1.29 is 4.79 Å². The molecule has 1 saturated heterocycles. The first-order valence-electron chi connectivity index (χ1n) is 7.18. The summed E-state index contributed by atoms with van der Waals surface area (Å²) in [5.41, 5.74) is 1.17. The third-order valence-electron chi connectivity index (χ3n) is 3.99. The van der Waals surface area contributed by atoms with Crippen LogP contribution in [0, 0.1) is 5.92 Å². The molecule has 1 aliphatic heterocycles. The molecule has 1 atom stereocenters. The molecule has 1 N–H and O–H groups in total. The summed E-state index contributed by atoms with van der Waals surface area (Å²) in [6.07, 6.45) is 2.96. The van der Waals surface area contributed by atoms with Crippen molar-refractivity contribution in [3.8, 4) is 0 Å². The van der Waals surface area contributed by atoms with Crippen molar-refractivity contribution >= 4 is 5.91 Å². The number of nitrogens with zero attached hydrogens (tertiary/aromatic N) is 1. The van der Waals surface area contributed by atoms with E-state index in [4.69, 9.17) is 0 Å². The highest BCUT2D eigenvalue weighted by atomic mass is 16.1. The number of rotatable bonds is 4. The van der Waals surface area contributed by atoms with Crippen LogP contribution in [0.25, 0.3) is 0 Å². The molecule has 1 unspecified atom stereocenters. The van der Waals surface area contributed by atoms with Crippen molar-refractivity contribution in [3.63, 3.8) is 0 Å². The zero-order valence-corrected chi connectivity index (χ0v) is 11.9. The lowest BCUT2D eigenvalue weighted by Gasteiger charge is -2.28. The maximum atomic E-state index is 12.1. The minimum absolute atomic E-state index is 0.0972. The quantitative estimate of drug-likeness (QED) is 0.902. The van der Waals surface area contributed by atoms with Crippen LogP contribution in [0.1, 0.15) is 37.8 Å². The molecule has 3 heteroatoms. The molecule has 0 radical (unpaired) electrons. The molecule has 0 aromatic heterocycles. The number of hydrogen-bond donors (Lipinski definition) is 1. The van der Waals surface area contributed by atoms with Crippen LogP contribution in [0.4, 0.5) is 0 Å². The summed E-state index contributed by atoms with van der Waals surface area (Å²) in [6.45, 7) is 4.28. The first-order valence-corrected chi connectivity index (χ1v) is 7.18. The average molecular weight is 260 g/mol. The fraction of sp³-hybridized carbons (Fsp3) is 0.562. The Morgan fingerprint density at radius 3 is 2.58 bits per heavy atom. The largest absolute Gasteiger partial charge is 0.350 e. The Morgan fingerprint density at radius 1 is 1.32 bits per heavy atom. The van der Waals surface area contributed by atoms with E-state index in [1.807, 2.05) is 25.1 Å². The lowest BCUT2D eigenvalue weighted by atomic mass is 9.93. The van der Waals surface area contributed by atoms with Crippen LogP contribution in [-0.4, -0.2) is 30.9 Å². The van der Waals surface area contributed by atoms with Gasteiger partial charge < -0.3 is 10.2 Å². The van der Waals surface area contributed by atoms with Gasteiger partial charge in [-0.15, -0.1) is 0 Å². The van der Waals surface area contributed by atoms with E-state index in [2.05, 4.69) is 29.4 Å². The Morgan fingerprint density at radius 2 is 1.95 bits per heavy atom. The number of benzene rings is 1. The predicted molar refractivity (Wildman–Crippen MR) is 77.8 cm³/mol. The molecular formula is C16H24N2O. The maximum Gasteiger partial charge on any atom is 0.220 e. The molecule has 1 fully saturated rings. The van der Waals surface area contributed by atoms with Crippen LogP contribution in [-0.2, 0) is 4.79 Å². The van der Waals surface area contributed by atoms with E-state index < -0.39 is 0 Å². The van der Waals surface area contributed by atoms with Gasteiger partial charge in [-0.1, -0.05) is 30.3 Å². The van der Waals surface area contributed by atoms with Gasteiger partial charge in [0.2, 0.25) is 5.91 Å². The minimum Gasteiger partial charge on any atom is -0.350 e. The van der Waals surface area contributed by atoms with Gasteiger partial charge in [0.25, 0.3) is 0 Å². The lowest BCUT2D eigenvalue weighted by molar-refractivity contribution is -0.123. The zero-order valence-electron chi connectivity index (χ0n) is 11.9. The fourth-order valence-electron chi connectivity index (χ4n) is 2.65.